The highest BCUT2D eigenvalue weighted by Crippen LogP contribution is 2.36. The first-order valence-electron chi connectivity index (χ1n) is 7.98. The molecule has 0 spiro atoms. The molecule has 2 aromatic rings. The summed E-state index contributed by atoms with van der Waals surface area (Å²) in [6.07, 6.45) is 2.62. The van der Waals surface area contributed by atoms with Crippen molar-refractivity contribution in [3.05, 3.63) is 47.1 Å². The number of halogens is 1. The predicted octanol–water partition coefficient (Wildman–Crippen LogP) is 3.70. The van der Waals surface area contributed by atoms with Crippen molar-refractivity contribution in [1.29, 1.82) is 0 Å². The molecule has 1 aromatic heterocycles. The smallest absolute Gasteiger partial charge is 0.213 e. The van der Waals surface area contributed by atoms with Gasteiger partial charge in [-0.1, -0.05) is 24.6 Å². The number of nitrogens with one attached hydrogen (secondary N) is 1. The third kappa shape index (κ3) is 5.58. The van der Waals surface area contributed by atoms with Crippen LogP contribution in [0.3, 0.4) is 0 Å². The van der Waals surface area contributed by atoms with Gasteiger partial charge >= 0.3 is 0 Å². The van der Waals surface area contributed by atoms with Crippen LogP contribution in [0.25, 0.3) is 0 Å². The van der Waals surface area contributed by atoms with Crippen molar-refractivity contribution >= 4 is 11.6 Å². The summed E-state index contributed by atoms with van der Waals surface area (Å²) in [5, 5.41) is 3.86. The van der Waals surface area contributed by atoms with Crippen molar-refractivity contribution in [2.24, 2.45) is 0 Å². The summed E-state index contributed by atoms with van der Waals surface area (Å²) in [6.45, 7) is 4.56. The number of hydrogen-bond acceptors (Lipinski definition) is 5. The first-order chi connectivity index (χ1) is 11.7. The summed E-state index contributed by atoms with van der Waals surface area (Å²) in [7, 11) is 1.61. The number of nitrogens with zero attached hydrogens (tertiary/aromatic N) is 1. The molecule has 0 aliphatic rings. The molecule has 0 fully saturated rings. The molecular formula is C18H23ClN2O3. The van der Waals surface area contributed by atoms with E-state index in [1.807, 2.05) is 37.3 Å². The molecule has 0 unspecified atom stereocenters. The van der Waals surface area contributed by atoms with Crippen LogP contribution >= 0.6 is 11.6 Å². The van der Waals surface area contributed by atoms with Crippen molar-refractivity contribution in [2.45, 2.75) is 19.9 Å². The molecule has 0 amide bonds. The molecule has 5 nitrogen and oxygen atoms in total. The van der Waals surface area contributed by atoms with E-state index in [0.29, 0.717) is 48.7 Å². The van der Waals surface area contributed by atoms with Gasteiger partial charge in [0.2, 0.25) is 5.88 Å². The molecule has 0 atom stereocenters. The van der Waals surface area contributed by atoms with E-state index in [9.17, 15) is 0 Å². The Morgan fingerprint density at radius 1 is 1.17 bits per heavy atom. The van der Waals surface area contributed by atoms with Gasteiger partial charge in [-0.25, -0.2) is 4.98 Å². The highest BCUT2D eigenvalue weighted by Gasteiger charge is 2.11. The summed E-state index contributed by atoms with van der Waals surface area (Å²) in [4.78, 5) is 4.11. The first-order valence-corrected chi connectivity index (χ1v) is 8.36. The minimum Gasteiger partial charge on any atom is -0.493 e. The molecule has 0 radical (unpaired) electrons. The minimum absolute atomic E-state index is 0.541. The van der Waals surface area contributed by atoms with Crippen LogP contribution in [0.4, 0.5) is 0 Å². The normalized spacial score (nSPS) is 10.5. The Hall–Kier alpha value is -1.98. The highest BCUT2D eigenvalue weighted by atomic mass is 35.5. The van der Waals surface area contributed by atoms with Gasteiger partial charge in [-0.05, 0) is 30.2 Å². The van der Waals surface area contributed by atoms with Gasteiger partial charge in [-0.2, -0.15) is 0 Å². The third-order valence-corrected chi connectivity index (χ3v) is 3.52. The van der Waals surface area contributed by atoms with Crippen LogP contribution in [0.1, 0.15) is 18.9 Å². The molecular weight excluding hydrogens is 328 g/mol. The molecule has 0 bridgehead atoms. The van der Waals surface area contributed by atoms with E-state index in [1.54, 1.807) is 13.3 Å². The van der Waals surface area contributed by atoms with Gasteiger partial charge in [-0.15, -0.1) is 0 Å². The van der Waals surface area contributed by atoms with Crippen molar-refractivity contribution in [3.8, 4) is 17.4 Å². The van der Waals surface area contributed by atoms with Crippen molar-refractivity contribution in [2.75, 3.05) is 26.9 Å². The topological polar surface area (TPSA) is 52.6 Å². The first kappa shape index (κ1) is 18.4. The SMILES string of the molecule is CCCOc1c(Cl)cc(CNCCOc2ccccn2)cc1OC. The quantitative estimate of drug-likeness (QED) is 0.662. The number of pyridine rings is 1. The Morgan fingerprint density at radius 3 is 2.75 bits per heavy atom. The lowest BCUT2D eigenvalue weighted by Gasteiger charge is -2.14. The zero-order valence-electron chi connectivity index (χ0n) is 14.0. The van der Waals surface area contributed by atoms with Crippen LogP contribution in [0.15, 0.2) is 36.5 Å². The summed E-state index contributed by atoms with van der Waals surface area (Å²) < 4.78 is 16.6. The van der Waals surface area contributed by atoms with Gasteiger partial charge in [0.1, 0.15) is 6.61 Å². The molecule has 2 rings (SSSR count). The number of aromatic nitrogens is 1. The molecule has 0 saturated heterocycles. The summed E-state index contributed by atoms with van der Waals surface area (Å²) in [5.74, 6) is 1.88. The van der Waals surface area contributed by atoms with Crippen molar-refractivity contribution < 1.29 is 14.2 Å². The maximum Gasteiger partial charge on any atom is 0.213 e. The summed E-state index contributed by atoms with van der Waals surface area (Å²) in [5.41, 5.74) is 1.03. The van der Waals surface area contributed by atoms with E-state index in [0.717, 1.165) is 12.0 Å². The maximum absolute atomic E-state index is 6.30. The van der Waals surface area contributed by atoms with E-state index >= 15 is 0 Å². The minimum atomic E-state index is 0.541. The molecule has 0 aliphatic heterocycles. The molecule has 1 N–H and O–H groups in total. The fraction of sp³-hybridized carbons (Fsp3) is 0.389. The number of methoxy groups -OCH3 is 1. The van der Waals surface area contributed by atoms with Crippen molar-refractivity contribution in [3.63, 3.8) is 0 Å². The Kier molecular flexibility index (Phi) is 7.65. The Labute approximate surface area is 147 Å². The van der Waals surface area contributed by atoms with E-state index in [4.69, 9.17) is 25.8 Å². The monoisotopic (exact) mass is 350 g/mol. The van der Waals surface area contributed by atoms with Crippen LogP contribution in [0.5, 0.6) is 17.4 Å². The van der Waals surface area contributed by atoms with Gasteiger partial charge in [0.25, 0.3) is 0 Å². The predicted molar refractivity (Wildman–Crippen MR) is 95.2 cm³/mol. The van der Waals surface area contributed by atoms with Crippen LogP contribution in [0.2, 0.25) is 5.02 Å². The number of rotatable bonds is 10. The second-order valence-corrected chi connectivity index (χ2v) is 5.56. The average molecular weight is 351 g/mol. The number of ether oxygens (including phenoxy) is 3. The highest BCUT2D eigenvalue weighted by molar-refractivity contribution is 6.32. The van der Waals surface area contributed by atoms with Gasteiger partial charge in [0, 0.05) is 25.4 Å². The molecule has 1 heterocycles. The van der Waals surface area contributed by atoms with E-state index in [2.05, 4.69) is 10.3 Å². The van der Waals surface area contributed by atoms with Crippen LogP contribution in [0, 0.1) is 0 Å². The Balaban J connectivity index is 1.82. The van der Waals surface area contributed by atoms with Gasteiger partial charge in [0.05, 0.1) is 18.7 Å². The zero-order valence-corrected chi connectivity index (χ0v) is 14.8. The summed E-state index contributed by atoms with van der Waals surface area (Å²) >= 11 is 6.30. The molecule has 6 heteroatoms. The lowest BCUT2D eigenvalue weighted by molar-refractivity contribution is 0.294. The van der Waals surface area contributed by atoms with E-state index in [-0.39, 0.29) is 0 Å². The average Bonchev–Trinajstić information content (AvgIpc) is 2.61. The number of hydrogen-bond donors (Lipinski definition) is 1. The lowest BCUT2D eigenvalue weighted by Crippen LogP contribution is -2.20. The third-order valence-electron chi connectivity index (χ3n) is 3.24. The number of benzene rings is 1. The maximum atomic E-state index is 6.30. The van der Waals surface area contributed by atoms with E-state index < -0.39 is 0 Å². The van der Waals surface area contributed by atoms with Crippen LogP contribution < -0.4 is 19.5 Å². The standard InChI is InChI=1S/C18H23ClN2O3/c1-3-9-24-18-15(19)11-14(12-16(18)22-2)13-20-8-10-23-17-6-4-5-7-21-17/h4-7,11-12,20H,3,8-10,13H2,1-2H3. The Bertz CT molecular complexity index is 623. The fourth-order valence-electron chi connectivity index (χ4n) is 2.11. The molecule has 0 saturated carbocycles. The zero-order chi connectivity index (χ0) is 17.2. The van der Waals surface area contributed by atoms with E-state index in [1.165, 1.54) is 0 Å². The largest absolute Gasteiger partial charge is 0.493 e. The molecule has 24 heavy (non-hydrogen) atoms. The second-order valence-electron chi connectivity index (χ2n) is 5.15. The molecule has 130 valence electrons. The van der Waals surface area contributed by atoms with Gasteiger partial charge in [-0.3, -0.25) is 0 Å². The van der Waals surface area contributed by atoms with Gasteiger partial charge in [0.15, 0.2) is 11.5 Å². The van der Waals surface area contributed by atoms with Crippen LogP contribution in [-0.2, 0) is 6.54 Å². The molecule has 1 aromatic carbocycles. The van der Waals surface area contributed by atoms with Gasteiger partial charge < -0.3 is 19.5 Å². The fourth-order valence-corrected chi connectivity index (χ4v) is 2.40. The summed E-state index contributed by atoms with van der Waals surface area (Å²) in [6, 6.07) is 9.41. The van der Waals surface area contributed by atoms with Crippen molar-refractivity contribution in [1.82, 2.24) is 10.3 Å². The molecule has 0 aliphatic carbocycles. The Morgan fingerprint density at radius 2 is 2.04 bits per heavy atom. The van der Waals surface area contributed by atoms with Crippen LogP contribution in [-0.4, -0.2) is 31.9 Å². The lowest BCUT2D eigenvalue weighted by atomic mass is 10.2. The second kappa shape index (κ2) is 10.0.